The maximum Gasteiger partial charge on any atom is 0.226 e. The minimum absolute atomic E-state index is 0.00164. The molecule has 1 heterocycles. The molecule has 0 radical (unpaired) electrons. The second-order valence-electron chi connectivity index (χ2n) is 3.69. The Morgan fingerprint density at radius 3 is 2.78 bits per heavy atom. The molecule has 2 rings (SSSR count). The van der Waals surface area contributed by atoms with Crippen molar-refractivity contribution in [3.05, 3.63) is 57.6 Å². The summed E-state index contributed by atoms with van der Waals surface area (Å²) in [7, 11) is 0. The van der Waals surface area contributed by atoms with Gasteiger partial charge in [0.2, 0.25) is 11.2 Å². The van der Waals surface area contributed by atoms with Crippen molar-refractivity contribution in [3.8, 4) is 17.6 Å². The molecule has 0 aliphatic heterocycles. The normalized spacial score (nSPS) is 9.94. The standard InChI is InChI=1S/C13H9NO4/c14-7-8-1-2-10(15)5-9(8)6-12-13(17)11(16)3-4-18-12/h1-5,15,17H,6H2. The van der Waals surface area contributed by atoms with Gasteiger partial charge in [-0.15, -0.1) is 0 Å². The van der Waals surface area contributed by atoms with Crippen LogP contribution in [0.3, 0.4) is 0 Å². The minimum atomic E-state index is -0.546. The first-order valence-corrected chi connectivity index (χ1v) is 5.13. The molecule has 0 unspecified atom stereocenters. The van der Waals surface area contributed by atoms with Gasteiger partial charge in [0, 0.05) is 12.5 Å². The van der Waals surface area contributed by atoms with Crippen molar-refractivity contribution in [2.24, 2.45) is 0 Å². The summed E-state index contributed by atoms with van der Waals surface area (Å²) in [6, 6.07) is 7.32. The Kier molecular flexibility index (Phi) is 3.02. The SMILES string of the molecule is N#Cc1ccc(O)cc1Cc1occc(=O)c1O. The predicted octanol–water partition coefficient (Wildman–Crippen LogP) is 1.51. The molecule has 2 aromatic rings. The van der Waals surface area contributed by atoms with E-state index in [1.165, 1.54) is 24.5 Å². The van der Waals surface area contributed by atoms with Crippen molar-refractivity contribution in [1.29, 1.82) is 5.26 Å². The van der Waals surface area contributed by atoms with Gasteiger partial charge in [0.05, 0.1) is 17.9 Å². The zero-order chi connectivity index (χ0) is 13.1. The van der Waals surface area contributed by atoms with Crippen molar-refractivity contribution >= 4 is 0 Å². The Hall–Kier alpha value is -2.74. The third-order valence-electron chi connectivity index (χ3n) is 2.49. The van der Waals surface area contributed by atoms with Gasteiger partial charge in [-0.05, 0) is 23.8 Å². The van der Waals surface area contributed by atoms with Crippen molar-refractivity contribution < 1.29 is 14.6 Å². The highest BCUT2D eigenvalue weighted by molar-refractivity contribution is 5.44. The van der Waals surface area contributed by atoms with Gasteiger partial charge in [-0.3, -0.25) is 4.79 Å². The Morgan fingerprint density at radius 2 is 2.06 bits per heavy atom. The average Bonchev–Trinajstić information content (AvgIpc) is 2.35. The lowest BCUT2D eigenvalue weighted by Gasteiger charge is -2.05. The summed E-state index contributed by atoms with van der Waals surface area (Å²) in [6.45, 7) is 0. The zero-order valence-electron chi connectivity index (χ0n) is 9.25. The molecule has 0 aliphatic rings. The molecule has 2 N–H and O–H groups in total. The summed E-state index contributed by atoms with van der Waals surface area (Å²) in [5, 5.41) is 27.8. The van der Waals surface area contributed by atoms with E-state index in [0.717, 1.165) is 6.07 Å². The van der Waals surface area contributed by atoms with Crippen LogP contribution in [-0.2, 0) is 6.42 Å². The third kappa shape index (κ3) is 2.18. The lowest BCUT2D eigenvalue weighted by molar-refractivity contribution is 0.404. The van der Waals surface area contributed by atoms with Crippen LogP contribution in [0.15, 0.2) is 39.7 Å². The largest absolute Gasteiger partial charge is 0.508 e. The van der Waals surface area contributed by atoms with Crippen LogP contribution in [0.25, 0.3) is 0 Å². The van der Waals surface area contributed by atoms with Crippen LogP contribution in [0, 0.1) is 11.3 Å². The fraction of sp³-hybridized carbons (Fsp3) is 0.0769. The molecule has 0 spiro atoms. The molecule has 0 atom stereocenters. The van der Waals surface area contributed by atoms with Crippen LogP contribution >= 0.6 is 0 Å². The zero-order valence-corrected chi connectivity index (χ0v) is 9.25. The first-order valence-electron chi connectivity index (χ1n) is 5.13. The van der Waals surface area contributed by atoms with E-state index in [9.17, 15) is 15.0 Å². The molecule has 0 saturated heterocycles. The van der Waals surface area contributed by atoms with Crippen LogP contribution in [0.5, 0.6) is 11.5 Å². The predicted molar refractivity (Wildman–Crippen MR) is 62.3 cm³/mol. The molecule has 1 aromatic heterocycles. The number of nitrogens with zero attached hydrogens (tertiary/aromatic N) is 1. The Morgan fingerprint density at radius 1 is 1.28 bits per heavy atom. The van der Waals surface area contributed by atoms with Crippen molar-refractivity contribution in [2.45, 2.75) is 6.42 Å². The van der Waals surface area contributed by atoms with Gasteiger partial charge in [0.1, 0.15) is 5.75 Å². The molecule has 5 heteroatoms. The van der Waals surface area contributed by atoms with Crippen LogP contribution in [0.2, 0.25) is 0 Å². The number of benzene rings is 1. The number of hydrogen-bond acceptors (Lipinski definition) is 5. The number of hydrogen-bond donors (Lipinski definition) is 2. The molecule has 5 nitrogen and oxygen atoms in total. The summed E-state index contributed by atoms with van der Waals surface area (Å²) in [5.74, 6) is -0.420. The first-order chi connectivity index (χ1) is 8.61. The molecule has 0 fully saturated rings. The van der Waals surface area contributed by atoms with Crippen LogP contribution < -0.4 is 5.43 Å². The van der Waals surface area contributed by atoms with E-state index in [0.29, 0.717) is 11.1 Å². The van der Waals surface area contributed by atoms with Gasteiger partial charge in [0.15, 0.2) is 5.76 Å². The van der Waals surface area contributed by atoms with E-state index in [1.807, 2.05) is 6.07 Å². The second-order valence-corrected chi connectivity index (χ2v) is 3.69. The molecule has 0 saturated carbocycles. The smallest absolute Gasteiger partial charge is 0.226 e. The quantitative estimate of drug-likeness (QED) is 0.833. The third-order valence-corrected chi connectivity index (χ3v) is 2.49. The topological polar surface area (TPSA) is 94.5 Å². The minimum Gasteiger partial charge on any atom is -0.508 e. The van der Waals surface area contributed by atoms with Gasteiger partial charge in [-0.2, -0.15) is 5.26 Å². The van der Waals surface area contributed by atoms with Crippen LogP contribution in [0.4, 0.5) is 0 Å². The van der Waals surface area contributed by atoms with E-state index in [1.54, 1.807) is 0 Å². The van der Waals surface area contributed by atoms with Gasteiger partial charge in [-0.25, -0.2) is 0 Å². The van der Waals surface area contributed by atoms with E-state index < -0.39 is 11.2 Å². The van der Waals surface area contributed by atoms with Crippen molar-refractivity contribution in [1.82, 2.24) is 0 Å². The number of phenolic OH excluding ortho intramolecular Hbond substituents is 1. The fourth-order valence-electron chi connectivity index (χ4n) is 1.58. The van der Waals surface area contributed by atoms with Gasteiger partial charge >= 0.3 is 0 Å². The Balaban J connectivity index is 2.46. The molecule has 0 aliphatic carbocycles. The Bertz CT molecular complexity index is 682. The highest BCUT2D eigenvalue weighted by Gasteiger charge is 2.11. The van der Waals surface area contributed by atoms with Gasteiger partial charge in [-0.1, -0.05) is 0 Å². The van der Waals surface area contributed by atoms with E-state index in [4.69, 9.17) is 9.68 Å². The van der Waals surface area contributed by atoms with E-state index >= 15 is 0 Å². The molecule has 1 aromatic carbocycles. The average molecular weight is 243 g/mol. The summed E-state index contributed by atoms with van der Waals surface area (Å²) in [5.41, 5.74) is 0.274. The van der Waals surface area contributed by atoms with Gasteiger partial charge < -0.3 is 14.6 Å². The summed E-state index contributed by atoms with van der Waals surface area (Å²) in [4.78, 5) is 11.2. The molecule has 0 bridgehead atoms. The second kappa shape index (κ2) is 4.63. The fourth-order valence-corrected chi connectivity index (χ4v) is 1.58. The molecule has 90 valence electrons. The number of phenols is 1. The molecule has 0 amide bonds. The lowest BCUT2D eigenvalue weighted by Crippen LogP contribution is -2.02. The summed E-state index contributed by atoms with van der Waals surface area (Å²) >= 11 is 0. The summed E-state index contributed by atoms with van der Waals surface area (Å²) < 4.78 is 5.04. The monoisotopic (exact) mass is 243 g/mol. The van der Waals surface area contributed by atoms with Crippen LogP contribution in [0.1, 0.15) is 16.9 Å². The highest BCUT2D eigenvalue weighted by Crippen LogP contribution is 2.22. The number of rotatable bonds is 2. The molecule has 18 heavy (non-hydrogen) atoms. The Labute approximate surface area is 102 Å². The maximum atomic E-state index is 11.2. The van der Waals surface area contributed by atoms with Crippen molar-refractivity contribution in [2.75, 3.05) is 0 Å². The van der Waals surface area contributed by atoms with E-state index in [-0.39, 0.29) is 17.9 Å². The molecular weight excluding hydrogens is 234 g/mol. The highest BCUT2D eigenvalue weighted by atomic mass is 16.4. The number of aromatic hydroxyl groups is 2. The van der Waals surface area contributed by atoms with Gasteiger partial charge in [0.25, 0.3) is 0 Å². The molecular formula is C13H9NO4. The lowest BCUT2D eigenvalue weighted by atomic mass is 10.0. The summed E-state index contributed by atoms with van der Waals surface area (Å²) in [6.07, 6.45) is 1.23. The van der Waals surface area contributed by atoms with Crippen molar-refractivity contribution in [3.63, 3.8) is 0 Å². The van der Waals surface area contributed by atoms with E-state index in [2.05, 4.69) is 0 Å². The maximum absolute atomic E-state index is 11.2. The number of nitriles is 1. The first kappa shape index (κ1) is 11.7. The van der Waals surface area contributed by atoms with Crippen LogP contribution in [-0.4, -0.2) is 10.2 Å².